The molecule has 31 heavy (non-hydrogen) atoms. The second kappa shape index (κ2) is 8.07. The average Bonchev–Trinajstić information content (AvgIpc) is 3.30. The fourth-order valence-corrected chi connectivity index (χ4v) is 5.87. The van der Waals surface area contributed by atoms with Crippen LogP contribution >= 0.6 is 23.1 Å². The number of piperazine rings is 1. The number of aromatic nitrogens is 1. The predicted molar refractivity (Wildman–Crippen MR) is 121 cm³/mol. The molecule has 0 aliphatic carbocycles. The van der Waals surface area contributed by atoms with Gasteiger partial charge in [0, 0.05) is 0 Å². The van der Waals surface area contributed by atoms with Crippen molar-refractivity contribution in [1.29, 1.82) is 0 Å². The number of fused-ring (bicyclic) bond motifs is 2. The van der Waals surface area contributed by atoms with Gasteiger partial charge in [0.05, 0.1) is 66.0 Å². The van der Waals surface area contributed by atoms with E-state index in [1.165, 1.54) is 32.9 Å². The Morgan fingerprint density at radius 2 is 1.77 bits per heavy atom. The Kier molecular flexibility index (Phi) is 5.25. The molecule has 5 rings (SSSR count). The number of nitrogens with zero attached hydrogens (tertiary/aromatic N) is 3. The molecular weight excluding hydrogens is 432 g/mol. The smallest absolute Gasteiger partial charge is 0.266 e. The third-order valence-corrected chi connectivity index (χ3v) is 7.84. The summed E-state index contributed by atoms with van der Waals surface area (Å²) in [6.45, 7) is 3.57. The van der Waals surface area contributed by atoms with Gasteiger partial charge in [0.15, 0.2) is 4.34 Å². The van der Waals surface area contributed by atoms with Gasteiger partial charge in [0.2, 0.25) is 5.91 Å². The van der Waals surface area contributed by atoms with Crippen LogP contribution in [0.5, 0.6) is 0 Å². The van der Waals surface area contributed by atoms with Crippen LogP contribution in [0.1, 0.15) is 20.7 Å². The number of thiazole rings is 1. The number of carbonyl (C=O) groups is 3. The molecule has 1 aromatic heterocycles. The van der Waals surface area contributed by atoms with Gasteiger partial charge >= 0.3 is 0 Å². The first-order valence-corrected chi connectivity index (χ1v) is 11.9. The van der Waals surface area contributed by atoms with Crippen LogP contribution in [-0.2, 0) is 4.79 Å². The maximum absolute atomic E-state index is 12.7. The zero-order chi connectivity index (χ0) is 21.5. The summed E-state index contributed by atoms with van der Waals surface area (Å²) in [7, 11) is 2.15. The molecule has 2 aromatic carbocycles. The first-order valence-electron chi connectivity index (χ1n) is 10.1. The Morgan fingerprint density at radius 1 is 1.10 bits per heavy atom. The van der Waals surface area contributed by atoms with Gasteiger partial charge in [0.25, 0.3) is 11.8 Å². The molecule has 3 heterocycles. The molecule has 1 saturated heterocycles. The van der Waals surface area contributed by atoms with Crippen molar-refractivity contribution in [3.8, 4) is 0 Å². The van der Waals surface area contributed by atoms with Gasteiger partial charge in [-0.15, -0.1) is 11.3 Å². The third kappa shape index (κ3) is 3.73. The van der Waals surface area contributed by atoms with Crippen molar-refractivity contribution in [2.45, 2.75) is 4.34 Å². The summed E-state index contributed by atoms with van der Waals surface area (Å²) in [5.74, 6) is -0.106. The molecule has 0 atom stereocenters. The number of imide groups is 1. The van der Waals surface area contributed by atoms with Gasteiger partial charge in [-0.1, -0.05) is 23.9 Å². The summed E-state index contributed by atoms with van der Waals surface area (Å²) in [6.07, 6.45) is 0. The zero-order valence-electron chi connectivity index (χ0n) is 17.0. The molecule has 3 aromatic rings. The lowest BCUT2D eigenvalue weighted by molar-refractivity contribution is -0.883. The van der Waals surface area contributed by atoms with Gasteiger partial charge in [0.1, 0.15) is 0 Å². The highest BCUT2D eigenvalue weighted by atomic mass is 32.2. The molecule has 158 valence electrons. The Hall–Kier alpha value is -2.75. The molecule has 0 radical (unpaired) electrons. The monoisotopic (exact) mass is 453 g/mol. The maximum Gasteiger partial charge on any atom is 0.266 e. The summed E-state index contributed by atoms with van der Waals surface area (Å²) in [5, 5.41) is 0. The molecule has 0 saturated carbocycles. The van der Waals surface area contributed by atoms with E-state index in [0.29, 0.717) is 22.6 Å². The molecule has 1 fully saturated rings. The van der Waals surface area contributed by atoms with Crippen LogP contribution in [0.15, 0.2) is 46.8 Å². The second-order valence-electron chi connectivity index (χ2n) is 7.75. The van der Waals surface area contributed by atoms with E-state index in [2.05, 4.69) is 12.0 Å². The first kappa shape index (κ1) is 20.2. The van der Waals surface area contributed by atoms with Gasteiger partial charge in [-0.2, -0.15) is 0 Å². The van der Waals surface area contributed by atoms with E-state index in [0.717, 1.165) is 40.7 Å². The lowest BCUT2D eigenvalue weighted by Gasteiger charge is -2.29. The van der Waals surface area contributed by atoms with Crippen molar-refractivity contribution in [2.75, 3.05) is 43.9 Å². The number of quaternary nitrogens is 1. The van der Waals surface area contributed by atoms with Crippen LogP contribution in [0.4, 0.5) is 5.69 Å². The molecule has 0 bridgehead atoms. The minimum atomic E-state index is -0.307. The first-order chi connectivity index (χ1) is 15.0. The Morgan fingerprint density at radius 3 is 2.45 bits per heavy atom. The van der Waals surface area contributed by atoms with Crippen LogP contribution in [0.3, 0.4) is 0 Å². The summed E-state index contributed by atoms with van der Waals surface area (Å²) >= 11 is 2.91. The summed E-state index contributed by atoms with van der Waals surface area (Å²) in [6, 6.07) is 12.3. The number of rotatable bonds is 4. The summed E-state index contributed by atoms with van der Waals surface area (Å²) in [5.41, 5.74) is 2.19. The van der Waals surface area contributed by atoms with Crippen molar-refractivity contribution in [3.05, 3.63) is 53.6 Å². The fraction of sp³-hybridized carbons (Fsp3) is 0.273. The van der Waals surface area contributed by atoms with Gasteiger partial charge in [-0.3, -0.25) is 14.4 Å². The molecule has 3 amide bonds. The van der Waals surface area contributed by atoms with E-state index in [1.54, 1.807) is 30.3 Å². The summed E-state index contributed by atoms with van der Waals surface area (Å²) < 4.78 is 1.69. The number of thioether (sulfide) groups is 1. The number of anilines is 1. The number of likely N-dealkylation sites (N-methyl/N-ethyl adjacent to an activating group) is 1. The Bertz CT molecular complexity index is 1170. The molecule has 2 aliphatic rings. The van der Waals surface area contributed by atoms with Crippen molar-refractivity contribution < 1.29 is 19.3 Å². The highest BCUT2D eigenvalue weighted by molar-refractivity contribution is 8.01. The van der Waals surface area contributed by atoms with E-state index < -0.39 is 0 Å². The molecular formula is C22H21N4O3S2+. The minimum absolute atomic E-state index is 0.142. The number of amides is 3. The van der Waals surface area contributed by atoms with E-state index in [4.69, 9.17) is 0 Å². The number of hydrogen-bond acceptors (Lipinski definition) is 6. The lowest BCUT2D eigenvalue weighted by Crippen LogP contribution is -3.12. The number of carbonyl (C=O) groups excluding carboxylic acids is 3. The molecule has 7 nitrogen and oxygen atoms in total. The van der Waals surface area contributed by atoms with E-state index >= 15 is 0 Å². The van der Waals surface area contributed by atoms with Crippen LogP contribution in [0.25, 0.3) is 10.2 Å². The van der Waals surface area contributed by atoms with Gasteiger partial charge in [-0.05, 0) is 30.3 Å². The van der Waals surface area contributed by atoms with Gasteiger partial charge in [-0.25, -0.2) is 9.88 Å². The van der Waals surface area contributed by atoms with Crippen molar-refractivity contribution in [2.24, 2.45) is 0 Å². The lowest BCUT2D eigenvalue weighted by atomic mass is 10.1. The third-order valence-electron chi connectivity index (χ3n) is 5.69. The quantitative estimate of drug-likeness (QED) is 0.479. The van der Waals surface area contributed by atoms with Crippen molar-refractivity contribution in [3.63, 3.8) is 0 Å². The van der Waals surface area contributed by atoms with E-state index in [-0.39, 0.29) is 17.7 Å². The van der Waals surface area contributed by atoms with Crippen LogP contribution in [0, 0.1) is 0 Å². The molecule has 0 spiro atoms. The predicted octanol–water partition coefficient (Wildman–Crippen LogP) is 1.55. The molecule has 0 unspecified atom stereocenters. The fourth-order valence-electron chi connectivity index (χ4n) is 3.87. The topological polar surface area (TPSA) is 75.0 Å². The molecule has 9 heteroatoms. The van der Waals surface area contributed by atoms with Crippen LogP contribution in [0.2, 0.25) is 0 Å². The van der Waals surface area contributed by atoms with Crippen LogP contribution in [-0.4, -0.2) is 66.6 Å². The molecule has 2 aliphatic heterocycles. The number of nitrogens with one attached hydrogen (secondary N) is 1. The maximum atomic E-state index is 12.7. The standard InChI is InChI=1S/C22H20N4O3S2/c1-24-8-10-25(11-9-24)19(27)13-30-22-23-17-7-6-14(12-18(17)31-22)26-20(28)15-4-2-3-5-16(15)21(26)29/h2-7,12H,8-11,13H2,1H3/p+1. The highest BCUT2D eigenvalue weighted by Gasteiger charge is 2.36. The normalized spacial score (nSPS) is 16.9. The van der Waals surface area contributed by atoms with Crippen molar-refractivity contribution in [1.82, 2.24) is 9.88 Å². The summed E-state index contributed by atoms with van der Waals surface area (Å²) in [4.78, 5) is 47.2. The second-order valence-corrected chi connectivity index (χ2v) is 10.0. The number of hydrogen-bond donors (Lipinski definition) is 1. The van der Waals surface area contributed by atoms with E-state index in [1.807, 2.05) is 17.0 Å². The largest absolute Gasteiger partial charge is 0.334 e. The van der Waals surface area contributed by atoms with Crippen LogP contribution < -0.4 is 9.80 Å². The Balaban J connectivity index is 1.31. The van der Waals surface area contributed by atoms with E-state index in [9.17, 15) is 14.4 Å². The van der Waals surface area contributed by atoms with Gasteiger partial charge < -0.3 is 9.80 Å². The number of benzene rings is 2. The van der Waals surface area contributed by atoms with Crippen molar-refractivity contribution >= 4 is 56.7 Å². The SMILES string of the molecule is C[NH+]1CCN(C(=O)CSc2nc3ccc(N4C(=O)c5ccccc5C4=O)cc3s2)CC1. The Labute approximate surface area is 187 Å². The zero-order valence-corrected chi connectivity index (χ0v) is 18.6. The minimum Gasteiger partial charge on any atom is -0.334 e. The average molecular weight is 454 g/mol. The highest BCUT2D eigenvalue weighted by Crippen LogP contribution is 2.35. The molecule has 1 N–H and O–H groups in total.